The zero-order chi connectivity index (χ0) is 42.6. The molecule has 4 heteroatoms. The van der Waals surface area contributed by atoms with E-state index >= 15 is 0 Å². The number of anilines is 6. The minimum absolute atomic E-state index is 0.877. The highest BCUT2D eigenvalue weighted by atomic mass is 16.3. The summed E-state index contributed by atoms with van der Waals surface area (Å²) in [6, 6.07) is 53.0. The number of para-hydroxylation sites is 2. The molecule has 0 aliphatic rings. The molecule has 0 radical (unpaired) electrons. The fraction of sp³-hybridized carbons (Fsp3) is 0.138. The Morgan fingerprint density at radius 1 is 0.323 bits per heavy atom. The fourth-order valence-corrected chi connectivity index (χ4v) is 9.83. The van der Waals surface area contributed by atoms with Crippen LogP contribution >= 0.6 is 0 Å². The summed E-state index contributed by atoms with van der Waals surface area (Å²) in [6.45, 7) is 17.5. The standard InChI is InChI=1S/C58H48N2O2/c1-33-17-13-21-51(37(33)5)59(49-19-11-9-15-35(49)3)45-25-23-41-29-47-53(31-43(41)27-45)61-57-40(8)56-48-30-42-24-26-46(28-44(42)32-54(48)62-58(56)39(7)55(47)57)60(50-20-12-10-16-36(50)4)52-22-14-18-34(2)38(52)6/h9-32H,1-8H3. The van der Waals surface area contributed by atoms with Gasteiger partial charge in [-0.05, 0) is 183 Å². The van der Waals surface area contributed by atoms with E-state index in [2.05, 4.69) is 211 Å². The predicted octanol–water partition coefficient (Wildman–Crippen LogP) is 17.2. The number of fused-ring (bicyclic) bond motifs is 8. The van der Waals surface area contributed by atoms with E-state index < -0.39 is 0 Å². The van der Waals surface area contributed by atoms with Crippen LogP contribution in [0.2, 0.25) is 0 Å². The van der Waals surface area contributed by atoms with E-state index in [4.69, 9.17) is 8.83 Å². The molecule has 0 aliphatic heterocycles. The molecule has 0 aliphatic carbocycles. The van der Waals surface area contributed by atoms with Crippen molar-refractivity contribution in [3.05, 3.63) is 190 Å². The fourth-order valence-electron chi connectivity index (χ4n) is 9.83. The van der Waals surface area contributed by atoms with Crippen molar-refractivity contribution in [3.8, 4) is 0 Å². The van der Waals surface area contributed by atoms with Crippen LogP contribution in [-0.4, -0.2) is 0 Å². The average Bonchev–Trinajstić information content (AvgIpc) is 3.84. The quantitative estimate of drug-likeness (QED) is 0.168. The lowest BCUT2D eigenvalue weighted by Crippen LogP contribution is -2.13. The molecule has 0 saturated heterocycles. The molecule has 2 aromatic heterocycles. The van der Waals surface area contributed by atoms with Gasteiger partial charge >= 0.3 is 0 Å². The molecule has 0 amide bonds. The molecule has 0 spiro atoms. The van der Waals surface area contributed by atoms with Crippen molar-refractivity contribution >= 4 is 99.5 Å². The Labute approximate surface area is 362 Å². The first-order chi connectivity index (χ1) is 30.0. The van der Waals surface area contributed by atoms with Gasteiger partial charge in [0.1, 0.15) is 22.3 Å². The van der Waals surface area contributed by atoms with Gasteiger partial charge in [0.05, 0.1) is 0 Å². The van der Waals surface area contributed by atoms with Crippen molar-refractivity contribution in [2.75, 3.05) is 9.80 Å². The smallest absolute Gasteiger partial charge is 0.139 e. The van der Waals surface area contributed by atoms with Crippen LogP contribution in [0, 0.1) is 55.4 Å². The number of benzene rings is 9. The first kappa shape index (κ1) is 37.7. The lowest BCUT2D eigenvalue weighted by atomic mass is 9.97. The van der Waals surface area contributed by atoms with Crippen LogP contribution in [0.3, 0.4) is 0 Å². The summed E-state index contributed by atoms with van der Waals surface area (Å²) in [4.78, 5) is 4.78. The highest BCUT2D eigenvalue weighted by molar-refractivity contribution is 6.22. The summed E-state index contributed by atoms with van der Waals surface area (Å²) in [7, 11) is 0. The maximum absolute atomic E-state index is 6.90. The van der Waals surface area contributed by atoms with Crippen molar-refractivity contribution in [1.29, 1.82) is 0 Å². The molecule has 11 aromatic rings. The van der Waals surface area contributed by atoms with E-state index in [1.165, 1.54) is 66.9 Å². The van der Waals surface area contributed by atoms with Gasteiger partial charge in [0.15, 0.2) is 0 Å². The number of aryl methyl sites for hydroxylation is 6. The first-order valence-electron chi connectivity index (χ1n) is 21.6. The maximum atomic E-state index is 6.90. The van der Waals surface area contributed by atoms with Crippen molar-refractivity contribution < 1.29 is 8.83 Å². The Hall–Kier alpha value is -7.30. The molecule has 0 unspecified atom stereocenters. The van der Waals surface area contributed by atoms with Gasteiger partial charge < -0.3 is 18.6 Å². The third-order valence-electron chi connectivity index (χ3n) is 13.6. The lowest BCUT2D eigenvalue weighted by Gasteiger charge is -2.29. The SMILES string of the molecule is Cc1ccccc1N(c1ccc2cc3c(cc2c1)oc1c(C)c2c(oc4cc5cc(N(c6ccccc6C)c6cccc(C)c6C)ccc5cc42)c(C)c13)c1cccc(C)c1C. The molecule has 0 fully saturated rings. The summed E-state index contributed by atoms with van der Waals surface area (Å²) in [6.07, 6.45) is 0. The topological polar surface area (TPSA) is 32.8 Å². The second-order valence-corrected chi connectivity index (χ2v) is 17.3. The highest BCUT2D eigenvalue weighted by Crippen LogP contribution is 2.47. The Bertz CT molecular complexity index is 3400. The van der Waals surface area contributed by atoms with Crippen LogP contribution in [0.25, 0.3) is 65.4 Å². The molecule has 11 rings (SSSR count). The van der Waals surface area contributed by atoms with Gasteiger partial charge in [0.25, 0.3) is 0 Å². The summed E-state index contributed by atoms with van der Waals surface area (Å²) < 4.78 is 13.8. The molecule has 0 atom stereocenters. The van der Waals surface area contributed by atoms with Gasteiger partial charge in [-0.3, -0.25) is 0 Å². The van der Waals surface area contributed by atoms with Crippen LogP contribution in [-0.2, 0) is 0 Å². The first-order valence-corrected chi connectivity index (χ1v) is 21.6. The molecule has 0 N–H and O–H groups in total. The van der Waals surface area contributed by atoms with E-state index in [-0.39, 0.29) is 0 Å². The molecule has 4 nitrogen and oxygen atoms in total. The number of hydrogen-bond donors (Lipinski definition) is 0. The third-order valence-corrected chi connectivity index (χ3v) is 13.6. The zero-order valence-electron chi connectivity index (χ0n) is 36.6. The second kappa shape index (κ2) is 14.1. The molecule has 2 heterocycles. The van der Waals surface area contributed by atoms with Gasteiger partial charge in [-0.15, -0.1) is 0 Å². The van der Waals surface area contributed by atoms with Crippen LogP contribution in [0.15, 0.2) is 154 Å². The number of nitrogens with zero attached hydrogens (tertiary/aromatic N) is 2. The largest absolute Gasteiger partial charge is 0.456 e. The van der Waals surface area contributed by atoms with E-state index in [0.29, 0.717) is 0 Å². The normalized spacial score (nSPS) is 11.9. The molecule has 0 bridgehead atoms. The summed E-state index contributed by atoms with van der Waals surface area (Å²) >= 11 is 0. The van der Waals surface area contributed by atoms with Gasteiger partial charge in [0.2, 0.25) is 0 Å². The molecule has 302 valence electrons. The van der Waals surface area contributed by atoms with E-state index in [1.54, 1.807) is 0 Å². The van der Waals surface area contributed by atoms with Crippen LogP contribution in [0.1, 0.15) is 44.5 Å². The van der Waals surface area contributed by atoms with Crippen molar-refractivity contribution in [3.63, 3.8) is 0 Å². The maximum Gasteiger partial charge on any atom is 0.139 e. The van der Waals surface area contributed by atoms with Crippen LogP contribution < -0.4 is 9.80 Å². The van der Waals surface area contributed by atoms with Crippen LogP contribution in [0.5, 0.6) is 0 Å². The number of hydrogen-bond acceptors (Lipinski definition) is 4. The lowest BCUT2D eigenvalue weighted by molar-refractivity contribution is 0.660. The predicted molar refractivity (Wildman–Crippen MR) is 263 cm³/mol. The van der Waals surface area contributed by atoms with Gasteiger partial charge in [0, 0.05) is 66.8 Å². The molecule has 62 heavy (non-hydrogen) atoms. The van der Waals surface area contributed by atoms with E-state index in [1.807, 2.05) is 0 Å². The molecular weight excluding hydrogens is 757 g/mol. The monoisotopic (exact) mass is 804 g/mol. The van der Waals surface area contributed by atoms with Crippen molar-refractivity contribution in [2.24, 2.45) is 0 Å². The van der Waals surface area contributed by atoms with E-state index in [9.17, 15) is 0 Å². The Balaban J connectivity index is 1.05. The van der Waals surface area contributed by atoms with E-state index in [0.717, 1.165) is 77.2 Å². The average molecular weight is 805 g/mol. The minimum atomic E-state index is 0.877. The Morgan fingerprint density at radius 2 is 0.710 bits per heavy atom. The third kappa shape index (κ3) is 5.74. The number of rotatable bonds is 6. The number of furan rings is 2. The minimum Gasteiger partial charge on any atom is -0.456 e. The Kier molecular flexibility index (Phi) is 8.59. The molecule has 9 aromatic carbocycles. The van der Waals surface area contributed by atoms with Crippen LogP contribution in [0.4, 0.5) is 34.1 Å². The Morgan fingerprint density at radius 3 is 1.13 bits per heavy atom. The van der Waals surface area contributed by atoms with Gasteiger partial charge in [-0.1, -0.05) is 72.8 Å². The summed E-state index contributed by atoms with van der Waals surface area (Å²) in [5, 5.41) is 9.02. The second-order valence-electron chi connectivity index (χ2n) is 17.3. The molecular formula is C58H48N2O2. The van der Waals surface area contributed by atoms with Crippen molar-refractivity contribution in [2.45, 2.75) is 55.4 Å². The van der Waals surface area contributed by atoms with Gasteiger partial charge in [-0.25, -0.2) is 0 Å². The van der Waals surface area contributed by atoms with Gasteiger partial charge in [-0.2, -0.15) is 0 Å². The highest BCUT2D eigenvalue weighted by Gasteiger charge is 2.24. The van der Waals surface area contributed by atoms with Crippen molar-refractivity contribution in [1.82, 2.24) is 0 Å². The summed E-state index contributed by atoms with van der Waals surface area (Å²) in [5.74, 6) is 0. The zero-order valence-corrected chi connectivity index (χ0v) is 36.6. The summed E-state index contributed by atoms with van der Waals surface area (Å²) in [5.41, 5.74) is 20.2. The molecule has 0 saturated carbocycles.